The molecule has 0 aliphatic rings. The number of pyridine rings is 1. The average Bonchev–Trinajstić information content (AvgIpc) is 2.65. The number of hydrazine groups is 1. The molecule has 3 rings (SSSR count). The smallest absolute Gasteiger partial charge is 0.267 e. The molecule has 136 valence electrons. The van der Waals surface area contributed by atoms with Crippen molar-refractivity contribution < 1.29 is 18.9 Å². The fraction of sp³-hybridized carbons (Fsp3) is 0.0556. The van der Waals surface area contributed by atoms with Gasteiger partial charge in [-0.25, -0.2) is 4.39 Å². The number of hydrogen-bond donors (Lipinski definition) is 2. The summed E-state index contributed by atoms with van der Waals surface area (Å²) < 4.78 is 13.5. The highest BCUT2D eigenvalue weighted by molar-refractivity contribution is 6.07. The van der Waals surface area contributed by atoms with Gasteiger partial charge in [0, 0.05) is 28.8 Å². The van der Waals surface area contributed by atoms with Crippen LogP contribution < -0.4 is 10.9 Å². The van der Waals surface area contributed by atoms with Gasteiger partial charge in [0.25, 0.3) is 17.5 Å². The predicted octanol–water partition coefficient (Wildman–Crippen LogP) is 2.67. The Morgan fingerprint density at radius 2 is 1.70 bits per heavy atom. The van der Waals surface area contributed by atoms with E-state index in [1.165, 1.54) is 48.5 Å². The van der Waals surface area contributed by atoms with Crippen LogP contribution in [0.25, 0.3) is 10.9 Å². The Morgan fingerprint density at radius 3 is 2.37 bits per heavy atom. The molecule has 0 unspecified atom stereocenters. The highest BCUT2D eigenvalue weighted by Crippen LogP contribution is 2.19. The number of amides is 2. The van der Waals surface area contributed by atoms with Crippen LogP contribution in [0.15, 0.2) is 48.5 Å². The maximum atomic E-state index is 13.5. The summed E-state index contributed by atoms with van der Waals surface area (Å²) in [4.78, 5) is 38.8. The van der Waals surface area contributed by atoms with Gasteiger partial charge in [0.05, 0.1) is 16.0 Å². The van der Waals surface area contributed by atoms with Crippen LogP contribution in [0.4, 0.5) is 10.1 Å². The van der Waals surface area contributed by atoms with E-state index in [0.717, 1.165) is 0 Å². The molecule has 2 aromatic carbocycles. The van der Waals surface area contributed by atoms with Crippen LogP contribution in [0.5, 0.6) is 0 Å². The highest BCUT2D eigenvalue weighted by Gasteiger charge is 2.15. The van der Waals surface area contributed by atoms with E-state index in [1.54, 1.807) is 6.92 Å². The molecule has 0 saturated heterocycles. The lowest BCUT2D eigenvalue weighted by molar-refractivity contribution is -0.384. The van der Waals surface area contributed by atoms with Crippen molar-refractivity contribution in [1.29, 1.82) is 0 Å². The van der Waals surface area contributed by atoms with E-state index in [9.17, 15) is 24.1 Å². The lowest BCUT2D eigenvalue weighted by Gasteiger charge is -2.10. The first-order valence-electron chi connectivity index (χ1n) is 7.77. The van der Waals surface area contributed by atoms with Crippen LogP contribution in [0.1, 0.15) is 26.4 Å². The zero-order valence-corrected chi connectivity index (χ0v) is 14.0. The first kappa shape index (κ1) is 17.9. The highest BCUT2D eigenvalue weighted by atomic mass is 19.1. The lowest BCUT2D eigenvalue weighted by Crippen LogP contribution is -2.41. The number of nitro groups is 1. The number of hydrogen-bond acceptors (Lipinski definition) is 5. The third kappa shape index (κ3) is 3.87. The van der Waals surface area contributed by atoms with Gasteiger partial charge in [-0.2, -0.15) is 0 Å². The zero-order chi connectivity index (χ0) is 19.6. The molecular formula is C18H13FN4O4. The van der Waals surface area contributed by atoms with Gasteiger partial charge >= 0.3 is 0 Å². The summed E-state index contributed by atoms with van der Waals surface area (Å²) in [5.74, 6) is -1.82. The molecule has 3 aromatic rings. The van der Waals surface area contributed by atoms with Gasteiger partial charge in [-0.05, 0) is 43.3 Å². The number of nitro benzene ring substituents is 1. The van der Waals surface area contributed by atoms with Crippen molar-refractivity contribution in [1.82, 2.24) is 15.8 Å². The molecule has 0 bridgehead atoms. The van der Waals surface area contributed by atoms with Crippen molar-refractivity contribution in [2.75, 3.05) is 0 Å². The molecule has 9 heteroatoms. The molecule has 1 heterocycles. The van der Waals surface area contributed by atoms with Crippen molar-refractivity contribution in [3.8, 4) is 0 Å². The molecule has 0 aliphatic carbocycles. The van der Waals surface area contributed by atoms with E-state index in [0.29, 0.717) is 16.6 Å². The number of aromatic nitrogens is 1. The first-order chi connectivity index (χ1) is 12.8. The van der Waals surface area contributed by atoms with Crippen LogP contribution >= 0.6 is 0 Å². The van der Waals surface area contributed by atoms with Gasteiger partial charge < -0.3 is 0 Å². The minimum absolute atomic E-state index is 0.128. The predicted molar refractivity (Wildman–Crippen MR) is 94.5 cm³/mol. The monoisotopic (exact) mass is 368 g/mol. The summed E-state index contributed by atoms with van der Waals surface area (Å²) >= 11 is 0. The SMILES string of the molecule is Cc1cc(C(=O)NNC(=O)c2ccc([N+](=O)[O-])cc2)c2cc(F)ccc2n1. The Hall–Kier alpha value is -3.88. The van der Waals surface area contributed by atoms with Crippen molar-refractivity contribution in [2.45, 2.75) is 6.92 Å². The second kappa shape index (κ2) is 7.16. The molecule has 0 fully saturated rings. The fourth-order valence-electron chi connectivity index (χ4n) is 2.51. The number of rotatable bonds is 3. The molecule has 8 nitrogen and oxygen atoms in total. The topological polar surface area (TPSA) is 114 Å². The maximum absolute atomic E-state index is 13.5. The maximum Gasteiger partial charge on any atom is 0.270 e. The van der Waals surface area contributed by atoms with Crippen LogP contribution in [-0.4, -0.2) is 21.7 Å². The molecular weight excluding hydrogens is 355 g/mol. The molecule has 0 atom stereocenters. The van der Waals surface area contributed by atoms with E-state index in [-0.39, 0.29) is 16.8 Å². The van der Waals surface area contributed by atoms with Crippen molar-refractivity contribution >= 4 is 28.4 Å². The minimum Gasteiger partial charge on any atom is -0.267 e. The fourth-order valence-corrected chi connectivity index (χ4v) is 2.51. The minimum atomic E-state index is -0.653. The number of benzene rings is 2. The third-order valence-corrected chi connectivity index (χ3v) is 3.77. The normalized spacial score (nSPS) is 10.4. The molecule has 0 saturated carbocycles. The van der Waals surface area contributed by atoms with Crippen molar-refractivity contribution in [3.63, 3.8) is 0 Å². The molecule has 0 spiro atoms. The molecule has 0 aliphatic heterocycles. The van der Waals surface area contributed by atoms with E-state index >= 15 is 0 Å². The van der Waals surface area contributed by atoms with E-state index in [2.05, 4.69) is 15.8 Å². The molecule has 2 N–H and O–H groups in total. The second-order valence-corrected chi connectivity index (χ2v) is 5.68. The number of fused-ring (bicyclic) bond motifs is 1. The number of carbonyl (C=O) groups excluding carboxylic acids is 2. The van der Waals surface area contributed by atoms with E-state index in [1.807, 2.05) is 0 Å². The summed E-state index contributed by atoms with van der Waals surface area (Å²) in [5.41, 5.74) is 5.60. The summed E-state index contributed by atoms with van der Waals surface area (Å²) in [5, 5.41) is 10.9. The Bertz CT molecular complexity index is 1070. The zero-order valence-electron chi connectivity index (χ0n) is 14.0. The standard InChI is InChI=1S/C18H13FN4O4/c1-10-8-15(14-9-12(19)4-7-16(14)20-10)18(25)22-21-17(24)11-2-5-13(6-3-11)23(26)27/h2-9H,1H3,(H,21,24)(H,22,25). The molecule has 27 heavy (non-hydrogen) atoms. The first-order valence-corrected chi connectivity index (χ1v) is 7.77. The number of carbonyl (C=O) groups is 2. The summed E-state index contributed by atoms with van der Waals surface area (Å²) in [7, 11) is 0. The Kier molecular flexibility index (Phi) is 4.75. The van der Waals surface area contributed by atoms with Gasteiger partial charge in [-0.1, -0.05) is 0 Å². The molecule has 1 aromatic heterocycles. The van der Waals surface area contributed by atoms with Crippen molar-refractivity contribution in [2.24, 2.45) is 0 Å². The number of nitrogens with one attached hydrogen (secondary N) is 2. The van der Waals surface area contributed by atoms with Gasteiger partial charge in [0.2, 0.25) is 0 Å². The van der Waals surface area contributed by atoms with Crippen LogP contribution in [0.3, 0.4) is 0 Å². The van der Waals surface area contributed by atoms with E-state index in [4.69, 9.17) is 0 Å². The summed E-state index contributed by atoms with van der Waals surface area (Å²) in [6.45, 7) is 1.69. The van der Waals surface area contributed by atoms with Gasteiger partial charge in [-0.15, -0.1) is 0 Å². The average molecular weight is 368 g/mol. The number of non-ortho nitro benzene ring substituents is 1. The van der Waals surface area contributed by atoms with Crippen molar-refractivity contribution in [3.05, 3.63) is 81.3 Å². The van der Waals surface area contributed by atoms with Crippen LogP contribution in [0.2, 0.25) is 0 Å². The second-order valence-electron chi connectivity index (χ2n) is 5.68. The van der Waals surface area contributed by atoms with Crippen LogP contribution in [-0.2, 0) is 0 Å². The van der Waals surface area contributed by atoms with Gasteiger partial charge in [0.1, 0.15) is 5.82 Å². The molecule has 0 radical (unpaired) electrons. The van der Waals surface area contributed by atoms with Crippen LogP contribution in [0, 0.1) is 22.9 Å². The lowest BCUT2D eigenvalue weighted by atomic mass is 10.1. The third-order valence-electron chi connectivity index (χ3n) is 3.77. The number of nitrogens with zero attached hydrogens (tertiary/aromatic N) is 2. The number of halogens is 1. The van der Waals surface area contributed by atoms with Gasteiger partial charge in [-0.3, -0.25) is 35.5 Å². The molecule has 2 amide bonds. The number of aryl methyl sites for hydroxylation is 1. The Labute approximate surface area is 152 Å². The summed E-state index contributed by atoms with van der Waals surface area (Å²) in [6.07, 6.45) is 0. The van der Waals surface area contributed by atoms with E-state index < -0.39 is 22.6 Å². The quantitative estimate of drug-likeness (QED) is 0.545. The summed E-state index contributed by atoms with van der Waals surface area (Å²) in [6, 6.07) is 10.3. The van der Waals surface area contributed by atoms with Gasteiger partial charge in [0.15, 0.2) is 0 Å². The Morgan fingerprint density at radius 1 is 1.04 bits per heavy atom. The largest absolute Gasteiger partial charge is 0.270 e. The Balaban J connectivity index is 1.78.